The number of rotatable bonds is 3. The van der Waals surface area contributed by atoms with E-state index in [1.165, 1.54) is 0 Å². The Kier molecular flexibility index (Phi) is 4.60. The number of amides is 1. The summed E-state index contributed by atoms with van der Waals surface area (Å²) in [7, 11) is 0. The molecule has 0 radical (unpaired) electrons. The zero-order valence-electron chi connectivity index (χ0n) is 14.5. The highest BCUT2D eigenvalue weighted by Crippen LogP contribution is 2.35. The highest BCUT2D eigenvalue weighted by molar-refractivity contribution is 5.94. The first kappa shape index (κ1) is 16.6. The molecule has 0 saturated carbocycles. The summed E-state index contributed by atoms with van der Waals surface area (Å²) < 4.78 is 5.91. The largest absolute Gasteiger partial charge is 0.464 e. The number of H-pyrrole nitrogens is 1. The van der Waals surface area contributed by atoms with Gasteiger partial charge in [-0.05, 0) is 49.9 Å². The van der Waals surface area contributed by atoms with Crippen molar-refractivity contribution in [2.24, 2.45) is 5.92 Å². The molecule has 2 aromatic rings. The standard InChI is InChI=1S/C19H24N2O3/c1-4-14-6-8-17(24-14)16-11-12(2)9-10-21(16)19(23)15-7-5-13(3)20-18(15)22/h5-8,12,16H,4,9-11H2,1-3H3,(H,20,22)/t12-,16+/m0/s1. The minimum atomic E-state index is -0.328. The quantitative estimate of drug-likeness (QED) is 0.938. The molecular formula is C19H24N2O3. The Hall–Kier alpha value is -2.30. The first-order chi connectivity index (χ1) is 11.5. The Bertz CT molecular complexity index is 790. The molecule has 1 fully saturated rings. The van der Waals surface area contributed by atoms with Crippen LogP contribution in [0.3, 0.4) is 0 Å². The normalized spacial score (nSPS) is 21.0. The maximum absolute atomic E-state index is 13.0. The van der Waals surface area contributed by atoms with Crippen molar-refractivity contribution in [3.05, 3.63) is 57.4 Å². The lowest BCUT2D eigenvalue weighted by molar-refractivity contribution is 0.0517. The molecule has 128 valence electrons. The van der Waals surface area contributed by atoms with Crippen LogP contribution in [0.15, 0.2) is 33.5 Å². The van der Waals surface area contributed by atoms with Crippen molar-refractivity contribution in [1.29, 1.82) is 0 Å². The van der Waals surface area contributed by atoms with Crippen LogP contribution in [0.1, 0.15) is 60.3 Å². The predicted octanol–water partition coefficient (Wildman–Crippen LogP) is 3.45. The molecule has 1 saturated heterocycles. The van der Waals surface area contributed by atoms with Gasteiger partial charge in [0.05, 0.1) is 6.04 Å². The number of aromatic nitrogens is 1. The molecule has 0 bridgehead atoms. The van der Waals surface area contributed by atoms with Crippen LogP contribution in [0.4, 0.5) is 0 Å². The molecule has 5 heteroatoms. The first-order valence-electron chi connectivity index (χ1n) is 8.59. The Labute approximate surface area is 141 Å². The number of aryl methyl sites for hydroxylation is 2. The van der Waals surface area contributed by atoms with Crippen molar-refractivity contribution < 1.29 is 9.21 Å². The molecule has 24 heavy (non-hydrogen) atoms. The summed E-state index contributed by atoms with van der Waals surface area (Å²) in [6, 6.07) is 7.20. The number of carbonyl (C=O) groups excluding carboxylic acids is 1. The number of pyridine rings is 1. The van der Waals surface area contributed by atoms with Gasteiger partial charge in [-0.25, -0.2) is 0 Å². The molecule has 3 rings (SSSR count). The van der Waals surface area contributed by atoms with Crippen molar-refractivity contribution in [2.45, 2.75) is 46.1 Å². The van der Waals surface area contributed by atoms with Crippen LogP contribution in [-0.2, 0) is 6.42 Å². The van der Waals surface area contributed by atoms with Gasteiger partial charge in [-0.1, -0.05) is 13.8 Å². The Morgan fingerprint density at radius 1 is 1.33 bits per heavy atom. The summed E-state index contributed by atoms with van der Waals surface area (Å²) >= 11 is 0. The van der Waals surface area contributed by atoms with Gasteiger partial charge in [-0.2, -0.15) is 0 Å². The van der Waals surface area contributed by atoms with E-state index in [0.717, 1.165) is 36.5 Å². The van der Waals surface area contributed by atoms with Crippen LogP contribution < -0.4 is 5.56 Å². The number of furan rings is 1. The zero-order chi connectivity index (χ0) is 17.3. The number of piperidine rings is 1. The fourth-order valence-electron chi connectivity index (χ4n) is 3.31. The van der Waals surface area contributed by atoms with Crippen LogP contribution >= 0.6 is 0 Å². The molecule has 1 aliphatic rings. The van der Waals surface area contributed by atoms with Gasteiger partial charge >= 0.3 is 0 Å². The Morgan fingerprint density at radius 2 is 2.12 bits per heavy atom. The molecule has 0 aromatic carbocycles. The third-order valence-electron chi connectivity index (χ3n) is 4.77. The minimum Gasteiger partial charge on any atom is -0.464 e. The van der Waals surface area contributed by atoms with Crippen LogP contribution in [0, 0.1) is 12.8 Å². The van der Waals surface area contributed by atoms with Gasteiger partial charge in [-0.15, -0.1) is 0 Å². The van der Waals surface area contributed by atoms with Gasteiger partial charge in [0.1, 0.15) is 17.1 Å². The first-order valence-corrected chi connectivity index (χ1v) is 8.59. The summed E-state index contributed by atoms with van der Waals surface area (Å²) in [5.41, 5.74) is 0.618. The van der Waals surface area contributed by atoms with Crippen LogP contribution in [0.2, 0.25) is 0 Å². The summed E-state index contributed by atoms with van der Waals surface area (Å²) in [5, 5.41) is 0. The van der Waals surface area contributed by atoms with Crippen LogP contribution in [-0.4, -0.2) is 22.3 Å². The van der Waals surface area contributed by atoms with Gasteiger partial charge in [0.15, 0.2) is 0 Å². The van der Waals surface area contributed by atoms with Crippen LogP contribution in [0.25, 0.3) is 0 Å². The third-order valence-corrected chi connectivity index (χ3v) is 4.77. The number of hydrogen-bond acceptors (Lipinski definition) is 3. The zero-order valence-corrected chi connectivity index (χ0v) is 14.5. The maximum atomic E-state index is 13.0. The Morgan fingerprint density at radius 3 is 2.79 bits per heavy atom. The number of likely N-dealkylation sites (tertiary alicyclic amines) is 1. The molecule has 1 N–H and O–H groups in total. The third kappa shape index (κ3) is 3.16. The number of hydrogen-bond donors (Lipinski definition) is 1. The molecule has 3 heterocycles. The molecule has 0 unspecified atom stereocenters. The van der Waals surface area contributed by atoms with E-state index in [-0.39, 0.29) is 23.1 Å². The van der Waals surface area contributed by atoms with E-state index in [2.05, 4.69) is 11.9 Å². The number of nitrogens with zero attached hydrogens (tertiary/aromatic N) is 1. The van der Waals surface area contributed by atoms with E-state index in [1.807, 2.05) is 19.1 Å². The van der Waals surface area contributed by atoms with E-state index in [4.69, 9.17) is 4.42 Å². The molecule has 2 atom stereocenters. The van der Waals surface area contributed by atoms with Crippen molar-refractivity contribution in [1.82, 2.24) is 9.88 Å². The molecule has 5 nitrogen and oxygen atoms in total. The van der Waals surface area contributed by atoms with Crippen molar-refractivity contribution in [3.63, 3.8) is 0 Å². The van der Waals surface area contributed by atoms with E-state index in [1.54, 1.807) is 24.0 Å². The number of aromatic amines is 1. The SMILES string of the molecule is CCc1ccc([C@H]2C[C@@H](C)CCN2C(=O)c2ccc(C)[nH]c2=O)o1. The second-order valence-electron chi connectivity index (χ2n) is 6.69. The number of carbonyl (C=O) groups is 1. The van der Waals surface area contributed by atoms with Gasteiger partial charge in [0.2, 0.25) is 0 Å². The fraction of sp³-hybridized carbons (Fsp3) is 0.474. The molecule has 1 amide bonds. The summed E-state index contributed by atoms with van der Waals surface area (Å²) in [4.78, 5) is 29.6. The fourth-order valence-corrected chi connectivity index (χ4v) is 3.31. The van der Waals surface area contributed by atoms with Gasteiger partial charge < -0.3 is 14.3 Å². The lowest BCUT2D eigenvalue weighted by Gasteiger charge is -2.37. The molecular weight excluding hydrogens is 304 g/mol. The number of nitrogens with one attached hydrogen (secondary N) is 1. The van der Waals surface area contributed by atoms with Gasteiger partial charge in [0, 0.05) is 18.7 Å². The van der Waals surface area contributed by atoms with E-state index in [9.17, 15) is 9.59 Å². The average molecular weight is 328 g/mol. The molecule has 2 aromatic heterocycles. The summed E-state index contributed by atoms with van der Waals surface area (Å²) in [6.07, 6.45) is 2.62. The lowest BCUT2D eigenvalue weighted by Crippen LogP contribution is -2.42. The minimum absolute atomic E-state index is 0.109. The van der Waals surface area contributed by atoms with E-state index < -0.39 is 0 Å². The predicted molar refractivity (Wildman–Crippen MR) is 92.1 cm³/mol. The second kappa shape index (κ2) is 6.67. The highest BCUT2D eigenvalue weighted by Gasteiger charge is 2.34. The highest BCUT2D eigenvalue weighted by atomic mass is 16.3. The monoisotopic (exact) mass is 328 g/mol. The van der Waals surface area contributed by atoms with Gasteiger partial charge in [-0.3, -0.25) is 9.59 Å². The molecule has 0 spiro atoms. The maximum Gasteiger partial charge on any atom is 0.260 e. The smallest absolute Gasteiger partial charge is 0.260 e. The topological polar surface area (TPSA) is 66.3 Å². The summed E-state index contributed by atoms with van der Waals surface area (Å²) in [5.74, 6) is 2.03. The molecule has 0 aliphatic carbocycles. The van der Waals surface area contributed by atoms with E-state index >= 15 is 0 Å². The van der Waals surface area contributed by atoms with E-state index in [0.29, 0.717) is 12.5 Å². The van der Waals surface area contributed by atoms with Crippen LogP contribution in [0.5, 0.6) is 0 Å². The lowest BCUT2D eigenvalue weighted by atomic mass is 9.90. The average Bonchev–Trinajstić information content (AvgIpc) is 3.03. The van der Waals surface area contributed by atoms with Crippen molar-refractivity contribution in [2.75, 3.05) is 6.54 Å². The van der Waals surface area contributed by atoms with Crippen molar-refractivity contribution in [3.8, 4) is 0 Å². The second-order valence-corrected chi connectivity index (χ2v) is 6.69. The van der Waals surface area contributed by atoms with Gasteiger partial charge in [0.25, 0.3) is 11.5 Å². The van der Waals surface area contributed by atoms with Crippen molar-refractivity contribution >= 4 is 5.91 Å². The molecule has 1 aliphatic heterocycles. The summed E-state index contributed by atoms with van der Waals surface area (Å²) in [6.45, 7) is 6.67. The Balaban J connectivity index is 1.93.